The van der Waals surface area contributed by atoms with Gasteiger partial charge in [-0.3, -0.25) is 4.99 Å². The Morgan fingerprint density at radius 3 is 3.06 bits per heavy atom. The monoisotopic (exact) mass is 270 g/mol. The number of rotatable bonds is 2. The summed E-state index contributed by atoms with van der Waals surface area (Å²) in [7, 11) is 0. The van der Waals surface area contributed by atoms with Crippen LogP contribution < -0.4 is 10.7 Å². The van der Waals surface area contributed by atoms with Crippen LogP contribution in [0.15, 0.2) is 28.3 Å². The number of aliphatic imine (C=N–C) groups is 1. The van der Waals surface area contributed by atoms with Gasteiger partial charge in [0.15, 0.2) is 0 Å². The van der Waals surface area contributed by atoms with Gasteiger partial charge < -0.3 is 5.32 Å². The Kier molecular flexibility index (Phi) is 4.23. The molecule has 6 heteroatoms. The zero-order valence-electron chi connectivity index (χ0n) is 9.08. The van der Waals surface area contributed by atoms with E-state index in [1.165, 1.54) is 0 Å². The van der Waals surface area contributed by atoms with Crippen LogP contribution in [-0.2, 0) is 0 Å². The first-order chi connectivity index (χ1) is 8.27. The lowest BCUT2D eigenvalue weighted by Gasteiger charge is -2.12. The highest BCUT2D eigenvalue weighted by atomic mass is 35.5. The fourth-order valence-corrected chi connectivity index (χ4v) is 1.75. The van der Waals surface area contributed by atoms with Gasteiger partial charge in [0.05, 0.1) is 16.3 Å². The van der Waals surface area contributed by atoms with Gasteiger partial charge in [0.2, 0.25) is 5.96 Å². The maximum atomic E-state index is 6.02. The zero-order valence-corrected chi connectivity index (χ0v) is 10.6. The van der Waals surface area contributed by atoms with Crippen molar-refractivity contribution >= 4 is 35.4 Å². The summed E-state index contributed by atoms with van der Waals surface area (Å²) >= 11 is 11.9. The van der Waals surface area contributed by atoms with E-state index in [-0.39, 0.29) is 0 Å². The van der Waals surface area contributed by atoms with Gasteiger partial charge in [-0.25, -0.2) is 5.43 Å². The summed E-state index contributed by atoms with van der Waals surface area (Å²) in [5, 5.41) is 8.17. The molecule has 1 aromatic rings. The predicted octanol–water partition coefficient (Wildman–Crippen LogP) is 2.27. The van der Waals surface area contributed by atoms with Crippen molar-refractivity contribution in [1.29, 1.82) is 0 Å². The number of guanidine groups is 1. The summed E-state index contributed by atoms with van der Waals surface area (Å²) < 4.78 is 0. The van der Waals surface area contributed by atoms with Crippen molar-refractivity contribution in [2.75, 3.05) is 13.1 Å². The van der Waals surface area contributed by atoms with Crippen molar-refractivity contribution in [3.05, 3.63) is 33.8 Å². The molecule has 90 valence electrons. The molecule has 1 aliphatic rings. The highest BCUT2D eigenvalue weighted by Gasteiger charge is 2.03. The minimum absolute atomic E-state index is 0.498. The quantitative estimate of drug-likeness (QED) is 0.640. The van der Waals surface area contributed by atoms with Crippen LogP contribution in [0.1, 0.15) is 12.0 Å². The maximum absolute atomic E-state index is 6.02. The Morgan fingerprint density at radius 1 is 1.41 bits per heavy atom. The molecular weight excluding hydrogens is 259 g/mol. The van der Waals surface area contributed by atoms with Crippen LogP contribution >= 0.6 is 23.2 Å². The van der Waals surface area contributed by atoms with Crippen LogP contribution in [0.3, 0.4) is 0 Å². The molecule has 0 radical (unpaired) electrons. The van der Waals surface area contributed by atoms with Gasteiger partial charge in [-0.15, -0.1) is 0 Å². The van der Waals surface area contributed by atoms with Crippen LogP contribution in [-0.4, -0.2) is 25.3 Å². The molecule has 0 spiro atoms. The first-order valence-electron chi connectivity index (χ1n) is 5.29. The van der Waals surface area contributed by atoms with Crippen LogP contribution in [0, 0.1) is 0 Å². The third-order valence-corrected chi connectivity index (χ3v) is 3.09. The number of halogens is 2. The molecule has 1 heterocycles. The molecule has 0 unspecified atom stereocenters. The van der Waals surface area contributed by atoms with Gasteiger partial charge in [-0.05, 0) is 12.5 Å². The molecule has 0 saturated carbocycles. The van der Waals surface area contributed by atoms with E-state index in [1.807, 2.05) is 12.1 Å². The molecule has 0 saturated heterocycles. The average molecular weight is 271 g/mol. The summed E-state index contributed by atoms with van der Waals surface area (Å²) in [6, 6.07) is 5.41. The topological polar surface area (TPSA) is 48.8 Å². The van der Waals surface area contributed by atoms with Crippen molar-refractivity contribution in [2.45, 2.75) is 6.42 Å². The van der Waals surface area contributed by atoms with Crippen molar-refractivity contribution < 1.29 is 0 Å². The van der Waals surface area contributed by atoms with E-state index in [1.54, 1.807) is 12.3 Å². The van der Waals surface area contributed by atoms with Gasteiger partial charge in [-0.1, -0.05) is 35.3 Å². The lowest BCUT2D eigenvalue weighted by molar-refractivity contribution is 0.712. The predicted molar refractivity (Wildman–Crippen MR) is 72.1 cm³/mol. The minimum Gasteiger partial charge on any atom is -0.355 e. The summed E-state index contributed by atoms with van der Waals surface area (Å²) in [6.07, 6.45) is 2.67. The zero-order chi connectivity index (χ0) is 12.1. The molecule has 0 aromatic heterocycles. The molecule has 1 aromatic carbocycles. The smallest absolute Gasteiger partial charge is 0.212 e. The highest BCUT2D eigenvalue weighted by molar-refractivity contribution is 6.43. The molecule has 1 aliphatic heterocycles. The van der Waals surface area contributed by atoms with Crippen molar-refractivity contribution in [2.24, 2.45) is 10.1 Å². The summed E-state index contributed by atoms with van der Waals surface area (Å²) in [4.78, 5) is 4.22. The van der Waals surface area contributed by atoms with E-state index in [0.29, 0.717) is 16.0 Å². The average Bonchev–Trinajstić information content (AvgIpc) is 2.36. The number of hydrogen-bond acceptors (Lipinski definition) is 4. The van der Waals surface area contributed by atoms with Crippen molar-refractivity contribution in [1.82, 2.24) is 10.7 Å². The summed E-state index contributed by atoms with van der Waals surface area (Å²) in [6.45, 7) is 1.74. The van der Waals surface area contributed by atoms with Crippen molar-refractivity contribution in [3.8, 4) is 0 Å². The Morgan fingerprint density at radius 2 is 2.29 bits per heavy atom. The van der Waals surface area contributed by atoms with Crippen molar-refractivity contribution in [3.63, 3.8) is 0 Å². The largest absolute Gasteiger partial charge is 0.355 e. The normalized spacial score (nSPS) is 15.5. The Bertz CT molecular complexity index is 457. The first-order valence-corrected chi connectivity index (χ1v) is 6.04. The molecular formula is C11H12Cl2N4. The minimum atomic E-state index is 0.498. The van der Waals surface area contributed by atoms with Crippen LogP contribution in [0.2, 0.25) is 10.0 Å². The van der Waals surface area contributed by atoms with E-state index in [9.17, 15) is 0 Å². The Balaban J connectivity index is 2.00. The van der Waals surface area contributed by atoms with E-state index in [2.05, 4.69) is 20.8 Å². The maximum Gasteiger partial charge on any atom is 0.212 e. The Hall–Kier alpha value is -1.26. The molecule has 2 rings (SSSR count). The van der Waals surface area contributed by atoms with E-state index in [0.717, 1.165) is 25.1 Å². The van der Waals surface area contributed by atoms with Gasteiger partial charge in [-0.2, -0.15) is 5.10 Å². The second-order valence-corrected chi connectivity index (χ2v) is 4.31. The molecule has 2 N–H and O–H groups in total. The van der Waals surface area contributed by atoms with Crippen LogP contribution in [0.4, 0.5) is 0 Å². The van der Waals surface area contributed by atoms with Gasteiger partial charge in [0, 0.05) is 18.7 Å². The first kappa shape index (κ1) is 12.2. The highest BCUT2D eigenvalue weighted by Crippen LogP contribution is 2.23. The van der Waals surface area contributed by atoms with E-state index < -0.39 is 0 Å². The van der Waals surface area contributed by atoms with Crippen LogP contribution in [0.5, 0.6) is 0 Å². The molecule has 0 aliphatic carbocycles. The van der Waals surface area contributed by atoms with E-state index in [4.69, 9.17) is 23.2 Å². The fraction of sp³-hybridized carbons (Fsp3) is 0.273. The Labute approximate surface area is 110 Å². The summed E-state index contributed by atoms with van der Waals surface area (Å²) in [5.41, 5.74) is 3.59. The number of nitrogens with one attached hydrogen (secondary N) is 2. The van der Waals surface area contributed by atoms with Gasteiger partial charge >= 0.3 is 0 Å². The van der Waals surface area contributed by atoms with Crippen LogP contribution in [0.25, 0.3) is 0 Å². The number of hydrogen-bond donors (Lipinski definition) is 2. The second kappa shape index (κ2) is 5.89. The summed E-state index contributed by atoms with van der Waals surface area (Å²) in [5.74, 6) is 0.686. The number of nitrogens with zero attached hydrogens (tertiary/aromatic N) is 2. The molecule has 0 bridgehead atoms. The fourth-order valence-electron chi connectivity index (χ4n) is 1.39. The third-order valence-electron chi connectivity index (χ3n) is 2.25. The lowest BCUT2D eigenvalue weighted by Crippen LogP contribution is -2.38. The molecule has 0 atom stereocenters. The third kappa shape index (κ3) is 3.35. The SMILES string of the molecule is Clc1cccc(C=NNC2=NCCCN2)c1Cl. The lowest BCUT2D eigenvalue weighted by atomic mass is 10.2. The van der Waals surface area contributed by atoms with Gasteiger partial charge in [0.1, 0.15) is 0 Å². The molecule has 0 amide bonds. The second-order valence-electron chi connectivity index (χ2n) is 3.52. The molecule has 0 fully saturated rings. The molecule has 4 nitrogen and oxygen atoms in total. The van der Waals surface area contributed by atoms with Gasteiger partial charge in [0.25, 0.3) is 0 Å². The standard InChI is InChI=1S/C11H12Cl2N4/c12-9-4-1-3-8(10(9)13)7-16-17-11-14-5-2-6-15-11/h1,3-4,7H,2,5-6H2,(H2,14,15,17). The number of benzene rings is 1. The molecule has 17 heavy (non-hydrogen) atoms. The number of hydrazone groups is 1. The van der Waals surface area contributed by atoms with E-state index >= 15 is 0 Å².